The molecular formula is C15H23NO3. The second-order valence-electron chi connectivity index (χ2n) is 6.30. The molecule has 0 saturated heterocycles. The molecule has 0 spiro atoms. The van der Waals surface area contributed by atoms with Gasteiger partial charge in [0, 0.05) is 0 Å². The minimum absolute atomic E-state index is 0.0640. The van der Waals surface area contributed by atoms with Crippen molar-refractivity contribution in [2.45, 2.75) is 39.5 Å². The lowest BCUT2D eigenvalue weighted by molar-refractivity contribution is -0.151. The van der Waals surface area contributed by atoms with E-state index in [1.54, 1.807) is 6.92 Å². The van der Waals surface area contributed by atoms with Crippen molar-refractivity contribution in [3.8, 4) is 6.07 Å². The molecule has 106 valence electrons. The molecule has 4 atom stereocenters. The first-order valence-corrected chi connectivity index (χ1v) is 7.19. The highest BCUT2D eigenvalue weighted by molar-refractivity contribution is 5.72. The summed E-state index contributed by atoms with van der Waals surface area (Å²) in [7, 11) is 0. The van der Waals surface area contributed by atoms with Crippen molar-refractivity contribution in [3.05, 3.63) is 0 Å². The van der Waals surface area contributed by atoms with Gasteiger partial charge in [0.1, 0.15) is 6.61 Å². The summed E-state index contributed by atoms with van der Waals surface area (Å²) in [6, 6.07) is 2.10. The number of hydrogen-bond acceptors (Lipinski definition) is 4. The summed E-state index contributed by atoms with van der Waals surface area (Å²) in [5, 5.41) is 8.58. The first kappa shape index (κ1) is 14.3. The number of fused-ring (bicyclic) bond motifs is 1. The first-order chi connectivity index (χ1) is 9.05. The zero-order valence-electron chi connectivity index (χ0n) is 11.9. The first-order valence-electron chi connectivity index (χ1n) is 7.19. The maximum atomic E-state index is 11.9. The Balaban J connectivity index is 1.57. The van der Waals surface area contributed by atoms with E-state index in [1.165, 1.54) is 6.42 Å². The molecule has 19 heavy (non-hydrogen) atoms. The summed E-state index contributed by atoms with van der Waals surface area (Å²) >= 11 is 0. The quantitative estimate of drug-likeness (QED) is 0.547. The Labute approximate surface area is 115 Å². The second-order valence-corrected chi connectivity index (χ2v) is 6.30. The van der Waals surface area contributed by atoms with E-state index in [4.69, 9.17) is 14.7 Å². The number of ether oxygens (including phenoxy) is 2. The van der Waals surface area contributed by atoms with Gasteiger partial charge < -0.3 is 9.47 Å². The van der Waals surface area contributed by atoms with Gasteiger partial charge in [0.15, 0.2) is 0 Å². The van der Waals surface area contributed by atoms with Gasteiger partial charge in [0.05, 0.1) is 31.1 Å². The largest absolute Gasteiger partial charge is 0.463 e. The monoisotopic (exact) mass is 265 g/mol. The average molecular weight is 265 g/mol. The van der Waals surface area contributed by atoms with Crippen molar-refractivity contribution in [1.82, 2.24) is 0 Å². The number of esters is 1. The SMILES string of the molecule is CC(C#N)COCCOC(=O)C1CCC2(C)CC2C1. The van der Waals surface area contributed by atoms with Gasteiger partial charge in [-0.05, 0) is 43.9 Å². The van der Waals surface area contributed by atoms with Crippen LogP contribution in [0.15, 0.2) is 0 Å². The Morgan fingerprint density at radius 1 is 1.53 bits per heavy atom. The van der Waals surface area contributed by atoms with Gasteiger partial charge in [-0.1, -0.05) is 6.92 Å². The smallest absolute Gasteiger partial charge is 0.309 e. The predicted molar refractivity (Wildman–Crippen MR) is 70.1 cm³/mol. The van der Waals surface area contributed by atoms with Gasteiger partial charge in [0.2, 0.25) is 0 Å². The molecule has 0 amide bonds. The van der Waals surface area contributed by atoms with E-state index in [0.717, 1.165) is 25.2 Å². The summed E-state index contributed by atoms with van der Waals surface area (Å²) in [5.74, 6) is 0.664. The van der Waals surface area contributed by atoms with Crippen LogP contribution in [-0.2, 0) is 14.3 Å². The Hall–Kier alpha value is -1.08. The molecule has 0 heterocycles. The van der Waals surface area contributed by atoms with Gasteiger partial charge in [-0.3, -0.25) is 4.79 Å². The predicted octanol–water partition coefficient (Wildman–Crippen LogP) is 2.53. The number of carbonyl (C=O) groups is 1. The fourth-order valence-electron chi connectivity index (χ4n) is 2.97. The highest BCUT2D eigenvalue weighted by Gasteiger charge is 2.54. The van der Waals surface area contributed by atoms with Crippen molar-refractivity contribution >= 4 is 5.97 Å². The number of nitriles is 1. The lowest BCUT2D eigenvalue weighted by Gasteiger charge is -2.24. The van der Waals surface area contributed by atoms with E-state index in [0.29, 0.717) is 25.2 Å². The molecule has 0 aromatic carbocycles. The molecule has 4 nitrogen and oxygen atoms in total. The summed E-state index contributed by atoms with van der Waals surface area (Å²) in [4.78, 5) is 11.9. The fraction of sp³-hybridized carbons (Fsp3) is 0.867. The van der Waals surface area contributed by atoms with Crippen LogP contribution >= 0.6 is 0 Å². The van der Waals surface area contributed by atoms with Crippen molar-refractivity contribution in [3.63, 3.8) is 0 Å². The van der Waals surface area contributed by atoms with Crippen molar-refractivity contribution in [1.29, 1.82) is 5.26 Å². The number of hydrogen-bond donors (Lipinski definition) is 0. The molecule has 4 heteroatoms. The average Bonchev–Trinajstić information content (AvgIpc) is 3.08. The lowest BCUT2D eigenvalue weighted by atomic mass is 9.83. The molecule has 0 radical (unpaired) electrons. The molecule has 2 saturated carbocycles. The fourth-order valence-corrected chi connectivity index (χ4v) is 2.97. The number of nitrogens with zero attached hydrogens (tertiary/aromatic N) is 1. The summed E-state index contributed by atoms with van der Waals surface area (Å²) in [6.45, 7) is 5.21. The molecule has 2 aliphatic carbocycles. The third-order valence-corrected chi connectivity index (χ3v) is 4.56. The minimum atomic E-state index is -0.110. The van der Waals surface area contributed by atoms with E-state index >= 15 is 0 Å². The van der Waals surface area contributed by atoms with Crippen LogP contribution in [-0.4, -0.2) is 25.8 Å². The third-order valence-electron chi connectivity index (χ3n) is 4.56. The van der Waals surface area contributed by atoms with Gasteiger partial charge >= 0.3 is 5.97 Å². The molecule has 2 aliphatic rings. The van der Waals surface area contributed by atoms with E-state index in [9.17, 15) is 4.79 Å². The van der Waals surface area contributed by atoms with E-state index < -0.39 is 0 Å². The Morgan fingerprint density at radius 3 is 3.00 bits per heavy atom. The molecule has 0 aromatic rings. The van der Waals surface area contributed by atoms with Crippen LogP contribution in [0.4, 0.5) is 0 Å². The molecule has 0 aliphatic heterocycles. The molecule has 4 unspecified atom stereocenters. The van der Waals surface area contributed by atoms with Gasteiger partial charge in [-0.2, -0.15) is 5.26 Å². The third kappa shape index (κ3) is 3.70. The maximum absolute atomic E-state index is 11.9. The van der Waals surface area contributed by atoms with Crippen LogP contribution in [0.1, 0.15) is 39.5 Å². The van der Waals surface area contributed by atoms with Crippen molar-refractivity contribution in [2.75, 3.05) is 19.8 Å². The van der Waals surface area contributed by atoms with Crippen LogP contribution in [0.25, 0.3) is 0 Å². The maximum Gasteiger partial charge on any atom is 0.309 e. The molecule has 0 N–H and O–H groups in total. The van der Waals surface area contributed by atoms with E-state index in [-0.39, 0.29) is 17.8 Å². The topological polar surface area (TPSA) is 59.3 Å². The van der Waals surface area contributed by atoms with E-state index in [1.807, 2.05) is 0 Å². The molecule has 2 fully saturated rings. The van der Waals surface area contributed by atoms with Gasteiger partial charge in [-0.25, -0.2) is 0 Å². The zero-order chi connectivity index (χ0) is 13.9. The van der Waals surface area contributed by atoms with Crippen molar-refractivity contribution < 1.29 is 14.3 Å². The Morgan fingerprint density at radius 2 is 2.32 bits per heavy atom. The highest BCUT2D eigenvalue weighted by Crippen LogP contribution is 2.62. The van der Waals surface area contributed by atoms with Crippen LogP contribution in [0.3, 0.4) is 0 Å². The lowest BCUT2D eigenvalue weighted by Crippen LogP contribution is -2.25. The Bertz CT molecular complexity index is 376. The summed E-state index contributed by atoms with van der Waals surface area (Å²) < 4.78 is 10.5. The van der Waals surface area contributed by atoms with Gasteiger partial charge in [-0.15, -0.1) is 0 Å². The second kappa shape index (κ2) is 5.92. The molecule has 2 rings (SSSR count). The minimum Gasteiger partial charge on any atom is -0.463 e. The van der Waals surface area contributed by atoms with Crippen molar-refractivity contribution in [2.24, 2.45) is 23.2 Å². The Kier molecular flexibility index (Phi) is 4.46. The molecule has 0 aromatic heterocycles. The van der Waals surface area contributed by atoms with Crippen LogP contribution in [0.2, 0.25) is 0 Å². The summed E-state index contributed by atoms with van der Waals surface area (Å²) in [5.41, 5.74) is 0.535. The van der Waals surface area contributed by atoms with Crippen LogP contribution in [0, 0.1) is 34.5 Å². The normalized spacial score (nSPS) is 33.9. The highest BCUT2D eigenvalue weighted by atomic mass is 16.6. The van der Waals surface area contributed by atoms with Crippen LogP contribution in [0.5, 0.6) is 0 Å². The zero-order valence-corrected chi connectivity index (χ0v) is 11.9. The standard InChI is InChI=1S/C15H23NO3/c1-11(9-16)10-18-5-6-19-14(17)12-3-4-15(2)8-13(15)7-12/h11-13H,3-8,10H2,1-2H3. The van der Waals surface area contributed by atoms with E-state index in [2.05, 4.69) is 13.0 Å². The van der Waals surface area contributed by atoms with Gasteiger partial charge in [0.25, 0.3) is 0 Å². The number of carbonyl (C=O) groups excluding carboxylic acids is 1. The number of rotatable bonds is 6. The molecular weight excluding hydrogens is 242 g/mol. The summed E-state index contributed by atoms with van der Waals surface area (Å²) in [6.07, 6.45) is 4.42. The van der Waals surface area contributed by atoms with Crippen LogP contribution < -0.4 is 0 Å². The molecule has 0 bridgehead atoms.